The van der Waals surface area contributed by atoms with Crippen LogP contribution in [-0.4, -0.2) is 59.5 Å². The molecule has 1 aliphatic heterocycles. The van der Waals surface area contributed by atoms with E-state index >= 15 is 0 Å². The van der Waals surface area contributed by atoms with Crippen LogP contribution in [0.1, 0.15) is 65.7 Å². The van der Waals surface area contributed by atoms with Gasteiger partial charge in [0.1, 0.15) is 17.7 Å². The molecule has 0 aromatic carbocycles. The average Bonchev–Trinajstić information content (AvgIpc) is 3.13. The van der Waals surface area contributed by atoms with Gasteiger partial charge in [0.25, 0.3) is 0 Å². The number of ether oxygens (including phenoxy) is 1. The van der Waals surface area contributed by atoms with Crippen molar-refractivity contribution in [3.8, 4) is 0 Å². The number of rotatable bonds is 6. The van der Waals surface area contributed by atoms with E-state index in [1.165, 1.54) is 4.90 Å². The fraction of sp³-hybridized carbons (Fsp3) is 0.800. The van der Waals surface area contributed by atoms with Crippen LogP contribution in [-0.2, 0) is 19.1 Å². The van der Waals surface area contributed by atoms with Crippen molar-refractivity contribution in [1.29, 1.82) is 0 Å². The minimum absolute atomic E-state index is 0.00322. The molecule has 9 heteroatoms. The fourth-order valence-corrected chi connectivity index (χ4v) is 4.03. The molecule has 2 aliphatic rings. The molecule has 4 amide bonds. The molecule has 1 heterocycles. The highest BCUT2D eigenvalue weighted by atomic mass is 16.6. The van der Waals surface area contributed by atoms with Gasteiger partial charge in [-0.3, -0.25) is 14.4 Å². The van der Waals surface area contributed by atoms with Crippen LogP contribution < -0.4 is 16.4 Å². The SMILES string of the molecule is CC(C)(C)OC(=O)NC(C(=O)NCC(=O)N1CCCC1C(N)=O)C1CCCCC1. The number of primary amides is 1. The van der Waals surface area contributed by atoms with Gasteiger partial charge in [-0.15, -0.1) is 0 Å². The number of likely N-dealkylation sites (tertiary alicyclic amines) is 1. The van der Waals surface area contributed by atoms with Crippen molar-refractivity contribution in [2.24, 2.45) is 11.7 Å². The van der Waals surface area contributed by atoms with Gasteiger partial charge in [0.2, 0.25) is 17.7 Å². The van der Waals surface area contributed by atoms with E-state index in [0.29, 0.717) is 19.4 Å². The number of carbonyl (C=O) groups excluding carboxylic acids is 4. The maximum absolute atomic E-state index is 12.8. The van der Waals surface area contributed by atoms with Crippen molar-refractivity contribution in [3.05, 3.63) is 0 Å². The van der Waals surface area contributed by atoms with Crippen LogP contribution in [0.4, 0.5) is 4.79 Å². The van der Waals surface area contributed by atoms with E-state index in [4.69, 9.17) is 10.5 Å². The monoisotopic (exact) mass is 410 g/mol. The lowest BCUT2D eigenvalue weighted by atomic mass is 9.83. The minimum Gasteiger partial charge on any atom is -0.444 e. The zero-order chi connectivity index (χ0) is 21.6. The number of amides is 4. The van der Waals surface area contributed by atoms with Crippen LogP contribution in [0.2, 0.25) is 0 Å². The Morgan fingerprint density at radius 1 is 1.07 bits per heavy atom. The molecule has 0 aromatic heterocycles. The Hall–Kier alpha value is -2.32. The maximum Gasteiger partial charge on any atom is 0.408 e. The third-order valence-corrected chi connectivity index (χ3v) is 5.39. The largest absolute Gasteiger partial charge is 0.444 e. The number of hydrogen-bond acceptors (Lipinski definition) is 5. The van der Waals surface area contributed by atoms with Crippen molar-refractivity contribution in [2.45, 2.75) is 83.4 Å². The zero-order valence-corrected chi connectivity index (χ0v) is 17.7. The molecule has 2 unspecified atom stereocenters. The predicted molar refractivity (Wildman–Crippen MR) is 107 cm³/mol. The van der Waals surface area contributed by atoms with Gasteiger partial charge in [-0.1, -0.05) is 19.3 Å². The van der Waals surface area contributed by atoms with Crippen LogP contribution in [0, 0.1) is 5.92 Å². The van der Waals surface area contributed by atoms with E-state index in [0.717, 1.165) is 32.1 Å². The predicted octanol–water partition coefficient (Wildman–Crippen LogP) is 1.05. The van der Waals surface area contributed by atoms with Crippen molar-refractivity contribution in [3.63, 3.8) is 0 Å². The van der Waals surface area contributed by atoms with Crippen LogP contribution in [0.5, 0.6) is 0 Å². The molecule has 0 radical (unpaired) electrons. The van der Waals surface area contributed by atoms with E-state index in [1.807, 2.05) is 0 Å². The molecule has 0 spiro atoms. The molecule has 164 valence electrons. The first-order valence-electron chi connectivity index (χ1n) is 10.4. The Bertz CT molecular complexity index is 625. The van der Waals surface area contributed by atoms with E-state index in [-0.39, 0.29) is 18.4 Å². The first-order valence-corrected chi connectivity index (χ1v) is 10.4. The summed E-state index contributed by atoms with van der Waals surface area (Å²) in [7, 11) is 0. The highest BCUT2D eigenvalue weighted by molar-refractivity contribution is 5.92. The number of nitrogens with one attached hydrogen (secondary N) is 2. The summed E-state index contributed by atoms with van der Waals surface area (Å²) in [5, 5.41) is 5.32. The van der Waals surface area contributed by atoms with Gasteiger partial charge >= 0.3 is 6.09 Å². The fourth-order valence-electron chi connectivity index (χ4n) is 4.03. The molecule has 1 aliphatic carbocycles. The maximum atomic E-state index is 12.8. The highest BCUT2D eigenvalue weighted by Gasteiger charge is 2.35. The molecular formula is C20H34N4O5. The lowest BCUT2D eigenvalue weighted by molar-refractivity contribution is -0.138. The standard InChI is InChI=1S/C20H34N4O5/c1-20(2,3)29-19(28)23-16(13-8-5-4-6-9-13)18(27)22-12-15(25)24-11-7-10-14(24)17(21)26/h13-14,16H,4-12H2,1-3H3,(H2,21,26)(H,22,27)(H,23,28). The second-order valence-corrected chi connectivity index (χ2v) is 8.89. The summed E-state index contributed by atoms with van der Waals surface area (Å²) < 4.78 is 5.30. The van der Waals surface area contributed by atoms with Crippen LogP contribution in [0.25, 0.3) is 0 Å². The molecule has 9 nitrogen and oxygen atoms in total. The molecule has 1 saturated carbocycles. The summed E-state index contributed by atoms with van der Waals surface area (Å²) in [6, 6.07) is -1.38. The summed E-state index contributed by atoms with van der Waals surface area (Å²) in [5.41, 5.74) is 4.68. The van der Waals surface area contributed by atoms with Gasteiger partial charge in [-0.2, -0.15) is 0 Å². The van der Waals surface area contributed by atoms with Gasteiger partial charge in [0, 0.05) is 6.54 Å². The molecule has 2 rings (SSSR count). The number of nitrogens with zero attached hydrogens (tertiary/aromatic N) is 1. The molecule has 2 fully saturated rings. The Balaban J connectivity index is 1.98. The van der Waals surface area contributed by atoms with Gasteiger partial charge in [-0.25, -0.2) is 4.79 Å². The Kier molecular flexibility index (Phi) is 7.87. The average molecular weight is 411 g/mol. The lowest BCUT2D eigenvalue weighted by Gasteiger charge is -2.31. The molecule has 29 heavy (non-hydrogen) atoms. The van der Waals surface area contributed by atoms with Crippen molar-refractivity contribution in [2.75, 3.05) is 13.1 Å². The second-order valence-electron chi connectivity index (χ2n) is 8.89. The number of carbonyl (C=O) groups is 4. The Morgan fingerprint density at radius 3 is 2.31 bits per heavy atom. The zero-order valence-electron chi connectivity index (χ0n) is 17.7. The number of hydrogen-bond donors (Lipinski definition) is 3. The summed E-state index contributed by atoms with van der Waals surface area (Å²) in [5.74, 6) is -1.30. The smallest absolute Gasteiger partial charge is 0.408 e. The third kappa shape index (κ3) is 6.90. The van der Waals surface area contributed by atoms with E-state index < -0.39 is 35.6 Å². The normalized spacial score (nSPS) is 21.3. The first kappa shape index (κ1) is 23.0. The lowest BCUT2D eigenvalue weighted by Crippen LogP contribution is -2.54. The van der Waals surface area contributed by atoms with E-state index in [1.54, 1.807) is 20.8 Å². The summed E-state index contributed by atoms with van der Waals surface area (Å²) >= 11 is 0. The van der Waals surface area contributed by atoms with Crippen LogP contribution in [0.15, 0.2) is 0 Å². The molecule has 0 bridgehead atoms. The Morgan fingerprint density at radius 2 is 1.72 bits per heavy atom. The van der Waals surface area contributed by atoms with Crippen LogP contribution in [0.3, 0.4) is 0 Å². The molecule has 0 aromatic rings. The number of nitrogens with two attached hydrogens (primary N) is 1. The summed E-state index contributed by atoms with van der Waals surface area (Å²) in [6.07, 6.45) is 5.37. The molecular weight excluding hydrogens is 376 g/mol. The second kappa shape index (κ2) is 9.93. The molecule has 2 atom stereocenters. The first-order chi connectivity index (χ1) is 13.6. The van der Waals surface area contributed by atoms with Crippen LogP contribution >= 0.6 is 0 Å². The molecule has 1 saturated heterocycles. The van der Waals surface area contributed by atoms with Crippen molar-refractivity contribution >= 4 is 23.8 Å². The molecule has 4 N–H and O–H groups in total. The Labute approximate surface area is 172 Å². The van der Waals surface area contributed by atoms with Gasteiger partial charge in [-0.05, 0) is 52.4 Å². The number of alkyl carbamates (subject to hydrolysis) is 1. The van der Waals surface area contributed by atoms with Gasteiger partial charge in [0.15, 0.2) is 0 Å². The van der Waals surface area contributed by atoms with E-state index in [2.05, 4.69) is 10.6 Å². The topological polar surface area (TPSA) is 131 Å². The van der Waals surface area contributed by atoms with Gasteiger partial charge in [0.05, 0.1) is 6.54 Å². The van der Waals surface area contributed by atoms with E-state index in [9.17, 15) is 19.2 Å². The quantitative estimate of drug-likeness (QED) is 0.602. The third-order valence-electron chi connectivity index (χ3n) is 5.39. The van der Waals surface area contributed by atoms with Crippen molar-refractivity contribution < 1.29 is 23.9 Å². The summed E-state index contributed by atoms with van der Waals surface area (Å²) in [4.78, 5) is 50.4. The minimum atomic E-state index is -0.761. The summed E-state index contributed by atoms with van der Waals surface area (Å²) in [6.45, 7) is 5.48. The highest BCUT2D eigenvalue weighted by Crippen LogP contribution is 2.27. The van der Waals surface area contributed by atoms with Crippen molar-refractivity contribution in [1.82, 2.24) is 15.5 Å². The van der Waals surface area contributed by atoms with Gasteiger partial charge < -0.3 is 26.0 Å².